The lowest BCUT2D eigenvalue weighted by Crippen LogP contribution is -2.29. The molecule has 0 heterocycles. The molecule has 0 saturated heterocycles. The number of phosphoric acid groups is 1. The van der Waals surface area contributed by atoms with Crippen LogP contribution in [0, 0.1) is 0 Å². The van der Waals surface area contributed by atoms with Crippen LogP contribution in [0.15, 0.2) is 12.2 Å². The van der Waals surface area contributed by atoms with Crippen LogP contribution in [0.25, 0.3) is 0 Å². The second kappa shape index (κ2) is 32.7. The first-order chi connectivity index (χ1) is 21.8. The molecule has 0 aromatic heterocycles. The van der Waals surface area contributed by atoms with Crippen LogP contribution in [0.4, 0.5) is 0 Å². The summed E-state index contributed by atoms with van der Waals surface area (Å²) in [7, 11) is -4.74. The molecule has 0 spiro atoms. The van der Waals surface area contributed by atoms with Gasteiger partial charge in [0.25, 0.3) is 0 Å². The zero-order valence-electron chi connectivity index (χ0n) is 29.0. The molecular weight excluding hydrogens is 591 g/mol. The minimum absolute atomic E-state index is 0.211. The largest absolute Gasteiger partial charge is 0.469 e. The molecule has 2 N–H and O–H groups in total. The number of phosphoric ester groups is 1. The van der Waals surface area contributed by atoms with Gasteiger partial charge in [-0.2, -0.15) is 0 Å². The molecule has 0 fully saturated rings. The van der Waals surface area contributed by atoms with Crippen molar-refractivity contribution >= 4 is 19.8 Å². The van der Waals surface area contributed by atoms with Crippen molar-refractivity contribution in [2.24, 2.45) is 0 Å². The molecule has 45 heavy (non-hydrogen) atoms. The quantitative estimate of drug-likeness (QED) is 0.0303. The third-order valence-corrected chi connectivity index (χ3v) is 8.52. The van der Waals surface area contributed by atoms with Crippen molar-refractivity contribution in [3.05, 3.63) is 12.2 Å². The molecule has 0 bridgehead atoms. The van der Waals surface area contributed by atoms with Gasteiger partial charge in [0, 0.05) is 12.8 Å². The van der Waals surface area contributed by atoms with Gasteiger partial charge in [-0.25, -0.2) is 4.57 Å². The standard InChI is InChI=1S/C36H69O8P/c1-3-5-7-9-11-13-14-15-16-17-18-19-20-21-23-25-27-29-31-36(38)44-34(33-43-45(39,40)41)32-42-35(37)30-28-26-24-22-12-10-8-6-4-2/h16-17,34H,3-15,18-33H2,1-2H3,(H2,39,40,41)/b17-16-. The minimum atomic E-state index is -4.74. The number of unbranched alkanes of at least 4 members (excludes halogenated alkanes) is 22. The van der Waals surface area contributed by atoms with Crippen LogP contribution >= 0.6 is 7.82 Å². The number of rotatable bonds is 34. The molecule has 0 radical (unpaired) electrons. The van der Waals surface area contributed by atoms with Crippen molar-refractivity contribution < 1.29 is 37.9 Å². The Balaban J connectivity index is 3.92. The lowest BCUT2D eigenvalue weighted by Gasteiger charge is -2.18. The zero-order valence-corrected chi connectivity index (χ0v) is 29.9. The van der Waals surface area contributed by atoms with E-state index < -0.39 is 32.5 Å². The van der Waals surface area contributed by atoms with Crippen molar-refractivity contribution in [2.75, 3.05) is 13.2 Å². The van der Waals surface area contributed by atoms with Crippen LogP contribution < -0.4 is 0 Å². The molecular formula is C36H69O8P. The third kappa shape index (κ3) is 35.5. The summed E-state index contributed by atoms with van der Waals surface area (Å²) in [6.07, 6.45) is 33.7. The van der Waals surface area contributed by atoms with Gasteiger partial charge in [0.05, 0.1) is 6.61 Å². The highest BCUT2D eigenvalue weighted by Crippen LogP contribution is 2.36. The maximum Gasteiger partial charge on any atom is 0.469 e. The second-order valence-electron chi connectivity index (χ2n) is 12.6. The fourth-order valence-electron chi connectivity index (χ4n) is 5.25. The fraction of sp³-hybridized carbons (Fsp3) is 0.889. The van der Waals surface area contributed by atoms with E-state index in [9.17, 15) is 14.2 Å². The molecule has 0 aliphatic carbocycles. The van der Waals surface area contributed by atoms with E-state index in [1.165, 1.54) is 109 Å². The maximum absolute atomic E-state index is 12.3. The Bertz CT molecular complexity index is 751. The van der Waals surface area contributed by atoms with Crippen molar-refractivity contribution in [1.29, 1.82) is 0 Å². The van der Waals surface area contributed by atoms with E-state index in [2.05, 4.69) is 30.5 Å². The maximum atomic E-state index is 12.3. The van der Waals surface area contributed by atoms with Gasteiger partial charge in [0.15, 0.2) is 6.10 Å². The van der Waals surface area contributed by atoms with E-state index in [0.29, 0.717) is 6.42 Å². The lowest BCUT2D eigenvalue weighted by atomic mass is 10.1. The van der Waals surface area contributed by atoms with Crippen LogP contribution in [0.1, 0.15) is 187 Å². The van der Waals surface area contributed by atoms with E-state index in [4.69, 9.17) is 19.3 Å². The average Bonchev–Trinajstić information content (AvgIpc) is 3.00. The molecule has 1 atom stereocenters. The molecule has 0 aliphatic heterocycles. The summed E-state index contributed by atoms with van der Waals surface area (Å²) in [6.45, 7) is 3.65. The number of hydrogen-bond donors (Lipinski definition) is 2. The molecule has 1 unspecified atom stereocenters. The molecule has 0 aromatic carbocycles. The summed E-state index contributed by atoms with van der Waals surface area (Å²) in [5, 5.41) is 0. The van der Waals surface area contributed by atoms with Gasteiger partial charge in [-0.05, 0) is 38.5 Å². The van der Waals surface area contributed by atoms with Crippen molar-refractivity contribution in [3.63, 3.8) is 0 Å². The first-order valence-corrected chi connectivity index (χ1v) is 20.0. The Labute approximate surface area is 276 Å². The molecule has 9 heteroatoms. The van der Waals surface area contributed by atoms with Gasteiger partial charge in [-0.1, -0.05) is 148 Å². The number of hydrogen-bond acceptors (Lipinski definition) is 6. The van der Waals surface area contributed by atoms with Gasteiger partial charge in [0.1, 0.15) is 6.61 Å². The van der Waals surface area contributed by atoms with Gasteiger partial charge in [-0.15, -0.1) is 0 Å². The highest BCUT2D eigenvalue weighted by molar-refractivity contribution is 7.46. The number of carbonyl (C=O) groups excluding carboxylic acids is 2. The Kier molecular flexibility index (Phi) is 31.8. The van der Waals surface area contributed by atoms with E-state index in [1.807, 2.05) is 0 Å². The third-order valence-electron chi connectivity index (χ3n) is 8.03. The Hall–Kier alpha value is -1.21. The Morgan fingerprint density at radius 2 is 0.933 bits per heavy atom. The lowest BCUT2D eigenvalue weighted by molar-refractivity contribution is -0.161. The second-order valence-corrected chi connectivity index (χ2v) is 13.8. The van der Waals surface area contributed by atoms with E-state index in [-0.39, 0.29) is 19.4 Å². The smallest absolute Gasteiger partial charge is 0.462 e. The molecule has 0 saturated carbocycles. The summed E-state index contributed by atoms with van der Waals surface area (Å²) in [5.41, 5.74) is 0. The molecule has 266 valence electrons. The van der Waals surface area contributed by atoms with Gasteiger partial charge >= 0.3 is 19.8 Å². The van der Waals surface area contributed by atoms with E-state index >= 15 is 0 Å². The van der Waals surface area contributed by atoms with Crippen LogP contribution in [0.2, 0.25) is 0 Å². The van der Waals surface area contributed by atoms with Crippen LogP contribution in [0.3, 0.4) is 0 Å². The molecule has 8 nitrogen and oxygen atoms in total. The SMILES string of the molecule is CCCCCCCCC/C=C\CCCCCCCCCC(=O)OC(COC(=O)CCCCCCCCCCC)COP(=O)(O)O. The highest BCUT2D eigenvalue weighted by atomic mass is 31.2. The monoisotopic (exact) mass is 660 g/mol. The molecule has 0 aromatic rings. The summed E-state index contributed by atoms with van der Waals surface area (Å²) in [5.74, 6) is -0.887. The molecule has 0 rings (SSSR count). The van der Waals surface area contributed by atoms with Crippen molar-refractivity contribution in [3.8, 4) is 0 Å². The normalized spacial score (nSPS) is 12.5. The van der Waals surface area contributed by atoms with Crippen LogP contribution in [0.5, 0.6) is 0 Å². The fourth-order valence-corrected chi connectivity index (χ4v) is 5.61. The van der Waals surface area contributed by atoms with E-state index in [1.54, 1.807) is 0 Å². The zero-order chi connectivity index (χ0) is 33.3. The summed E-state index contributed by atoms with van der Waals surface area (Å²) >= 11 is 0. The average molecular weight is 661 g/mol. The minimum Gasteiger partial charge on any atom is -0.462 e. The topological polar surface area (TPSA) is 119 Å². The van der Waals surface area contributed by atoms with Crippen molar-refractivity contribution in [1.82, 2.24) is 0 Å². The molecule has 0 amide bonds. The number of esters is 2. The predicted octanol–water partition coefficient (Wildman–Crippen LogP) is 10.7. The first-order valence-electron chi connectivity index (χ1n) is 18.5. The Morgan fingerprint density at radius 3 is 1.36 bits per heavy atom. The first kappa shape index (κ1) is 43.8. The predicted molar refractivity (Wildman–Crippen MR) is 184 cm³/mol. The Morgan fingerprint density at radius 1 is 0.556 bits per heavy atom. The highest BCUT2D eigenvalue weighted by Gasteiger charge is 2.22. The summed E-state index contributed by atoms with van der Waals surface area (Å²) in [4.78, 5) is 42.5. The molecule has 0 aliphatic rings. The van der Waals surface area contributed by atoms with Gasteiger partial charge in [-0.3, -0.25) is 14.1 Å². The van der Waals surface area contributed by atoms with Crippen LogP contribution in [-0.4, -0.2) is 41.0 Å². The summed E-state index contributed by atoms with van der Waals surface area (Å²) < 4.78 is 26.2. The number of ether oxygens (including phenoxy) is 2. The van der Waals surface area contributed by atoms with Gasteiger partial charge < -0.3 is 19.3 Å². The summed E-state index contributed by atoms with van der Waals surface area (Å²) in [6, 6.07) is 0. The number of allylic oxidation sites excluding steroid dienone is 2. The van der Waals surface area contributed by atoms with Gasteiger partial charge in [0.2, 0.25) is 0 Å². The van der Waals surface area contributed by atoms with Crippen molar-refractivity contribution in [2.45, 2.75) is 193 Å². The number of carbonyl (C=O) groups is 2. The van der Waals surface area contributed by atoms with Crippen LogP contribution in [-0.2, 0) is 28.2 Å². The van der Waals surface area contributed by atoms with E-state index in [0.717, 1.165) is 44.9 Å².